The third kappa shape index (κ3) is 5.16. The number of nitrogens with one attached hydrogen (secondary N) is 3. The fourth-order valence-corrected chi connectivity index (χ4v) is 2.68. The van der Waals surface area contributed by atoms with E-state index in [0.717, 1.165) is 12.1 Å². The highest BCUT2D eigenvalue weighted by Gasteiger charge is 2.30. The van der Waals surface area contributed by atoms with E-state index in [-0.39, 0.29) is 5.69 Å². The standard InChI is InChI=1S/C20H14F3N7O2/c21-20(22,23)12-2-1-3-14(10-12)26-19(31)25-13-4-6-15(7-5-13)32-16-8-9-24-17(11-16)18-27-29-30-28-18/h1-11H,(H2,25,26,31)(H,27,28,29,30). The number of rotatable bonds is 5. The number of hydrogen-bond donors (Lipinski definition) is 3. The molecule has 0 spiro atoms. The molecule has 0 aliphatic rings. The Morgan fingerprint density at radius 3 is 2.44 bits per heavy atom. The summed E-state index contributed by atoms with van der Waals surface area (Å²) in [6.07, 6.45) is -2.96. The molecule has 3 N–H and O–H groups in total. The molecule has 0 aliphatic carbocycles. The van der Waals surface area contributed by atoms with Crippen molar-refractivity contribution in [1.82, 2.24) is 25.6 Å². The van der Waals surface area contributed by atoms with Gasteiger partial charge in [-0.2, -0.15) is 18.4 Å². The molecule has 12 heteroatoms. The molecule has 0 saturated heterocycles. The number of aromatic amines is 1. The zero-order valence-electron chi connectivity index (χ0n) is 16.1. The smallest absolute Gasteiger partial charge is 0.416 e. The predicted octanol–water partition coefficient (Wildman–Crippen LogP) is 4.72. The summed E-state index contributed by atoms with van der Waals surface area (Å²) >= 11 is 0. The molecule has 2 heterocycles. The molecule has 0 radical (unpaired) electrons. The van der Waals surface area contributed by atoms with Crippen molar-refractivity contribution in [3.05, 3.63) is 72.4 Å². The number of pyridine rings is 1. The van der Waals surface area contributed by atoms with E-state index < -0.39 is 17.8 Å². The van der Waals surface area contributed by atoms with Crippen LogP contribution >= 0.6 is 0 Å². The van der Waals surface area contributed by atoms with Crippen LogP contribution in [-0.2, 0) is 6.18 Å². The Kier molecular flexibility index (Phi) is 5.66. The van der Waals surface area contributed by atoms with Crippen LogP contribution in [0.25, 0.3) is 11.5 Å². The van der Waals surface area contributed by atoms with Crippen LogP contribution in [0.4, 0.5) is 29.3 Å². The minimum atomic E-state index is -4.49. The number of tetrazole rings is 1. The molecule has 2 aromatic carbocycles. The van der Waals surface area contributed by atoms with E-state index in [9.17, 15) is 18.0 Å². The number of nitrogens with zero attached hydrogens (tertiary/aromatic N) is 4. The third-order valence-corrected chi connectivity index (χ3v) is 4.10. The van der Waals surface area contributed by atoms with Crippen LogP contribution in [0.1, 0.15) is 5.56 Å². The van der Waals surface area contributed by atoms with Gasteiger partial charge in [-0.3, -0.25) is 4.98 Å². The number of amides is 2. The van der Waals surface area contributed by atoms with Crippen molar-refractivity contribution in [3.63, 3.8) is 0 Å². The number of urea groups is 1. The molecule has 0 fully saturated rings. The number of alkyl halides is 3. The molecule has 0 bridgehead atoms. The molecule has 4 rings (SSSR count). The average molecular weight is 441 g/mol. The van der Waals surface area contributed by atoms with E-state index in [2.05, 4.69) is 36.2 Å². The van der Waals surface area contributed by atoms with Crippen LogP contribution < -0.4 is 15.4 Å². The number of carbonyl (C=O) groups is 1. The number of carbonyl (C=O) groups excluding carboxylic acids is 1. The van der Waals surface area contributed by atoms with E-state index in [0.29, 0.717) is 28.7 Å². The minimum absolute atomic E-state index is 0.0207. The molecule has 0 atom stereocenters. The Morgan fingerprint density at radius 2 is 1.72 bits per heavy atom. The summed E-state index contributed by atoms with van der Waals surface area (Å²) in [5.74, 6) is 1.30. The molecular formula is C20H14F3N7O2. The van der Waals surface area contributed by atoms with Crippen molar-refractivity contribution in [2.45, 2.75) is 6.18 Å². The van der Waals surface area contributed by atoms with Gasteiger partial charge in [-0.1, -0.05) is 6.07 Å². The molecule has 0 aliphatic heterocycles. The fourth-order valence-electron chi connectivity index (χ4n) is 2.68. The lowest BCUT2D eigenvalue weighted by atomic mass is 10.2. The average Bonchev–Trinajstić information content (AvgIpc) is 3.30. The molecular weight excluding hydrogens is 427 g/mol. The van der Waals surface area contributed by atoms with Crippen molar-refractivity contribution in [2.24, 2.45) is 0 Å². The number of H-pyrrole nitrogens is 1. The van der Waals surface area contributed by atoms with Crippen LogP contribution in [0.3, 0.4) is 0 Å². The van der Waals surface area contributed by atoms with Crippen LogP contribution in [0.15, 0.2) is 66.9 Å². The van der Waals surface area contributed by atoms with E-state index in [1.54, 1.807) is 36.4 Å². The molecule has 2 aromatic heterocycles. The van der Waals surface area contributed by atoms with Gasteiger partial charge in [-0.15, -0.1) is 10.2 Å². The minimum Gasteiger partial charge on any atom is -0.457 e. The maximum Gasteiger partial charge on any atom is 0.416 e. The summed E-state index contributed by atoms with van der Waals surface area (Å²) < 4.78 is 44.1. The van der Waals surface area contributed by atoms with Gasteiger partial charge in [0.25, 0.3) is 0 Å². The maximum absolute atomic E-state index is 12.8. The van der Waals surface area contributed by atoms with Gasteiger partial charge in [0.05, 0.1) is 5.56 Å². The molecule has 0 unspecified atom stereocenters. The number of benzene rings is 2. The number of halogens is 3. The summed E-state index contributed by atoms with van der Waals surface area (Å²) in [5, 5.41) is 18.4. The first-order valence-electron chi connectivity index (χ1n) is 9.10. The normalized spacial score (nSPS) is 11.1. The Bertz CT molecular complexity index is 1210. The molecule has 4 aromatic rings. The second-order valence-electron chi connectivity index (χ2n) is 6.40. The van der Waals surface area contributed by atoms with E-state index in [1.165, 1.54) is 18.3 Å². The Morgan fingerprint density at radius 1 is 0.938 bits per heavy atom. The lowest BCUT2D eigenvalue weighted by Gasteiger charge is -2.11. The van der Waals surface area contributed by atoms with Gasteiger partial charge < -0.3 is 15.4 Å². The third-order valence-electron chi connectivity index (χ3n) is 4.10. The second kappa shape index (κ2) is 8.71. The van der Waals surface area contributed by atoms with Crippen LogP contribution in [0.2, 0.25) is 0 Å². The van der Waals surface area contributed by atoms with Gasteiger partial charge in [0.2, 0.25) is 5.82 Å². The quantitative estimate of drug-likeness (QED) is 0.413. The Balaban J connectivity index is 1.37. The number of aromatic nitrogens is 5. The fraction of sp³-hybridized carbons (Fsp3) is 0.0500. The number of ether oxygens (including phenoxy) is 1. The predicted molar refractivity (Wildman–Crippen MR) is 108 cm³/mol. The molecule has 2 amide bonds. The maximum atomic E-state index is 12.8. The highest BCUT2D eigenvalue weighted by Crippen LogP contribution is 2.31. The Hall–Kier alpha value is -4.48. The lowest BCUT2D eigenvalue weighted by molar-refractivity contribution is -0.137. The first-order valence-corrected chi connectivity index (χ1v) is 9.10. The topological polar surface area (TPSA) is 118 Å². The van der Waals surface area contributed by atoms with Crippen LogP contribution in [0, 0.1) is 0 Å². The van der Waals surface area contributed by atoms with Crippen molar-refractivity contribution >= 4 is 17.4 Å². The van der Waals surface area contributed by atoms with Crippen LogP contribution in [-0.4, -0.2) is 31.6 Å². The van der Waals surface area contributed by atoms with Gasteiger partial charge in [0.1, 0.15) is 17.2 Å². The number of hydrogen-bond acceptors (Lipinski definition) is 6. The van der Waals surface area contributed by atoms with Crippen molar-refractivity contribution in [2.75, 3.05) is 10.6 Å². The van der Waals surface area contributed by atoms with Gasteiger partial charge >= 0.3 is 12.2 Å². The first kappa shape index (κ1) is 20.8. The van der Waals surface area contributed by atoms with E-state index >= 15 is 0 Å². The zero-order chi connectivity index (χ0) is 22.6. The second-order valence-corrected chi connectivity index (χ2v) is 6.40. The van der Waals surface area contributed by atoms with Crippen LogP contribution in [0.5, 0.6) is 11.5 Å². The summed E-state index contributed by atoms with van der Waals surface area (Å²) in [6.45, 7) is 0. The van der Waals surface area contributed by atoms with E-state index in [4.69, 9.17) is 4.74 Å². The lowest BCUT2D eigenvalue weighted by Crippen LogP contribution is -2.19. The largest absolute Gasteiger partial charge is 0.457 e. The summed E-state index contributed by atoms with van der Waals surface area (Å²) in [4.78, 5) is 16.2. The first-order chi connectivity index (χ1) is 15.4. The molecule has 32 heavy (non-hydrogen) atoms. The highest BCUT2D eigenvalue weighted by atomic mass is 19.4. The molecule has 162 valence electrons. The van der Waals surface area contributed by atoms with Crippen molar-refractivity contribution in [3.8, 4) is 23.0 Å². The summed E-state index contributed by atoms with van der Waals surface area (Å²) in [5.41, 5.74) is 0.0626. The highest BCUT2D eigenvalue weighted by molar-refractivity contribution is 5.99. The molecule has 9 nitrogen and oxygen atoms in total. The van der Waals surface area contributed by atoms with Gasteiger partial charge in [0, 0.05) is 23.6 Å². The monoisotopic (exact) mass is 441 g/mol. The summed E-state index contributed by atoms with van der Waals surface area (Å²) in [6, 6.07) is 13.4. The van der Waals surface area contributed by atoms with Gasteiger partial charge in [-0.05, 0) is 53.7 Å². The molecule has 0 saturated carbocycles. The number of anilines is 2. The van der Waals surface area contributed by atoms with Gasteiger partial charge in [-0.25, -0.2) is 4.79 Å². The van der Waals surface area contributed by atoms with E-state index in [1.807, 2.05) is 0 Å². The van der Waals surface area contributed by atoms with Gasteiger partial charge in [0.15, 0.2) is 0 Å². The SMILES string of the molecule is O=C(Nc1ccc(Oc2ccnc(-c3nn[nH]n3)c2)cc1)Nc1cccc(C(F)(F)F)c1. The Labute approximate surface area is 178 Å². The van der Waals surface area contributed by atoms with Crippen molar-refractivity contribution < 1.29 is 22.7 Å². The summed E-state index contributed by atoms with van der Waals surface area (Å²) in [7, 11) is 0. The zero-order valence-corrected chi connectivity index (χ0v) is 16.1. The van der Waals surface area contributed by atoms with Crippen molar-refractivity contribution in [1.29, 1.82) is 0 Å².